The Morgan fingerprint density at radius 1 is 1.30 bits per heavy atom. The fraction of sp³-hybridized carbons (Fsp3) is 0.600. The quantitative estimate of drug-likeness (QED) is 0.930. The minimum Gasteiger partial charge on any atom is -0.307 e. The van der Waals surface area contributed by atoms with Crippen molar-refractivity contribution in [1.29, 1.82) is 0 Å². The lowest BCUT2D eigenvalue weighted by Gasteiger charge is -2.31. The van der Waals surface area contributed by atoms with Gasteiger partial charge < -0.3 is 5.32 Å². The highest BCUT2D eigenvalue weighted by molar-refractivity contribution is 7.91. The van der Waals surface area contributed by atoms with Crippen LogP contribution in [0.5, 0.6) is 0 Å². The van der Waals surface area contributed by atoms with Gasteiger partial charge in [0.2, 0.25) is 0 Å². The summed E-state index contributed by atoms with van der Waals surface area (Å²) in [5.41, 5.74) is 0.633. The Kier molecular flexibility index (Phi) is 4.81. The van der Waals surface area contributed by atoms with Gasteiger partial charge in [0.1, 0.15) is 15.7 Å². The van der Waals surface area contributed by atoms with Crippen LogP contribution in [0.3, 0.4) is 0 Å². The maximum absolute atomic E-state index is 13.7. The van der Waals surface area contributed by atoms with Crippen molar-refractivity contribution < 1.29 is 12.8 Å². The van der Waals surface area contributed by atoms with Gasteiger partial charge in [-0.15, -0.1) is 0 Å². The Labute approximate surface area is 120 Å². The zero-order valence-electron chi connectivity index (χ0n) is 12.0. The van der Waals surface area contributed by atoms with E-state index in [2.05, 4.69) is 5.32 Å². The minimum atomic E-state index is -2.98. The molecule has 0 spiro atoms. The first-order valence-electron chi connectivity index (χ1n) is 7.07. The van der Waals surface area contributed by atoms with Crippen molar-refractivity contribution in [1.82, 2.24) is 5.32 Å². The van der Waals surface area contributed by atoms with Crippen molar-refractivity contribution in [2.24, 2.45) is 0 Å². The van der Waals surface area contributed by atoms with Gasteiger partial charge in [0, 0.05) is 23.9 Å². The van der Waals surface area contributed by atoms with E-state index in [-0.39, 0.29) is 23.2 Å². The van der Waals surface area contributed by atoms with E-state index < -0.39 is 9.84 Å². The van der Waals surface area contributed by atoms with Gasteiger partial charge >= 0.3 is 0 Å². The maximum atomic E-state index is 13.7. The van der Waals surface area contributed by atoms with Crippen molar-refractivity contribution in [3.8, 4) is 0 Å². The molecule has 0 radical (unpaired) electrons. The predicted octanol–water partition coefficient (Wildman–Crippen LogP) is 2.83. The van der Waals surface area contributed by atoms with Crippen LogP contribution in [0, 0.1) is 5.82 Å². The van der Waals surface area contributed by atoms with Crippen molar-refractivity contribution in [2.45, 2.75) is 49.9 Å². The van der Waals surface area contributed by atoms with E-state index in [0.717, 1.165) is 19.3 Å². The van der Waals surface area contributed by atoms with Gasteiger partial charge in [-0.25, -0.2) is 12.8 Å². The van der Waals surface area contributed by atoms with Gasteiger partial charge in [0.25, 0.3) is 0 Å². The standard InChI is InChI=1S/C15H22FNO2S/c1-11(14-8-3-4-9-15(14)16)17-12-6-5-7-13(10-12)20(2,18)19/h3-4,8-9,11-13,17H,5-7,10H2,1-2H3. The molecule has 0 aliphatic heterocycles. The molecule has 1 fully saturated rings. The van der Waals surface area contributed by atoms with Crippen molar-refractivity contribution in [2.75, 3.05) is 6.26 Å². The van der Waals surface area contributed by atoms with E-state index in [9.17, 15) is 12.8 Å². The first kappa shape index (κ1) is 15.4. The number of hydrogen-bond donors (Lipinski definition) is 1. The summed E-state index contributed by atoms with van der Waals surface area (Å²) in [6, 6.07) is 6.73. The summed E-state index contributed by atoms with van der Waals surface area (Å²) >= 11 is 0. The molecule has 112 valence electrons. The summed E-state index contributed by atoms with van der Waals surface area (Å²) in [7, 11) is -2.98. The number of hydrogen-bond acceptors (Lipinski definition) is 3. The number of sulfone groups is 1. The monoisotopic (exact) mass is 299 g/mol. The molecule has 3 nitrogen and oxygen atoms in total. The van der Waals surface area contributed by atoms with Gasteiger partial charge in [-0.2, -0.15) is 0 Å². The highest BCUT2D eigenvalue weighted by atomic mass is 32.2. The van der Waals surface area contributed by atoms with E-state index in [4.69, 9.17) is 0 Å². The zero-order chi connectivity index (χ0) is 14.8. The summed E-state index contributed by atoms with van der Waals surface area (Å²) in [5.74, 6) is -0.219. The fourth-order valence-electron chi connectivity index (χ4n) is 2.95. The first-order valence-corrected chi connectivity index (χ1v) is 9.02. The molecule has 0 aromatic heterocycles. The molecule has 1 N–H and O–H groups in total. The second-order valence-electron chi connectivity index (χ2n) is 5.72. The summed E-state index contributed by atoms with van der Waals surface area (Å²) < 4.78 is 37.0. The average molecular weight is 299 g/mol. The Morgan fingerprint density at radius 2 is 2.00 bits per heavy atom. The highest BCUT2D eigenvalue weighted by Crippen LogP contribution is 2.26. The first-order chi connectivity index (χ1) is 9.38. The van der Waals surface area contributed by atoms with Crippen molar-refractivity contribution in [3.05, 3.63) is 35.6 Å². The van der Waals surface area contributed by atoms with Gasteiger partial charge in [0.05, 0.1) is 5.25 Å². The average Bonchev–Trinajstić information content (AvgIpc) is 2.38. The third-order valence-electron chi connectivity index (χ3n) is 4.09. The largest absolute Gasteiger partial charge is 0.307 e. The second kappa shape index (κ2) is 6.22. The van der Waals surface area contributed by atoms with Crippen LogP contribution in [0.15, 0.2) is 24.3 Å². The third kappa shape index (κ3) is 3.79. The minimum absolute atomic E-state index is 0.112. The fourth-order valence-corrected chi connectivity index (χ4v) is 4.13. The molecule has 3 unspecified atom stereocenters. The molecule has 1 aromatic carbocycles. The topological polar surface area (TPSA) is 46.2 Å². The van der Waals surface area contributed by atoms with Crippen LogP contribution in [0.4, 0.5) is 4.39 Å². The normalized spacial score (nSPS) is 25.4. The Morgan fingerprint density at radius 3 is 2.65 bits per heavy atom. The summed E-state index contributed by atoms with van der Waals surface area (Å²) in [6.45, 7) is 1.92. The van der Waals surface area contributed by atoms with E-state index in [1.165, 1.54) is 12.3 Å². The van der Waals surface area contributed by atoms with E-state index in [0.29, 0.717) is 12.0 Å². The molecule has 0 saturated heterocycles. The second-order valence-corrected chi connectivity index (χ2v) is 8.05. The smallest absolute Gasteiger partial charge is 0.150 e. The molecular weight excluding hydrogens is 277 g/mol. The molecule has 5 heteroatoms. The molecule has 1 aliphatic carbocycles. The molecule has 1 saturated carbocycles. The Bertz CT molecular complexity index is 559. The predicted molar refractivity (Wildman–Crippen MR) is 78.8 cm³/mol. The van der Waals surface area contributed by atoms with Crippen LogP contribution < -0.4 is 5.32 Å². The van der Waals surface area contributed by atoms with E-state index >= 15 is 0 Å². The molecule has 1 aromatic rings. The third-order valence-corrected chi connectivity index (χ3v) is 5.73. The molecule has 0 bridgehead atoms. The molecule has 20 heavy (non-hydrogen) atoms. The van der Waals surface area contributed by atoms with Crippen LogP contribution in [-0.4, -0.2) is 26.0 Å². The van der Waals surface area contributed by atoms with Gasteiger partial charge in [-0.1, -0.05) is 24.6 Å². The number of rotatable bonds is 4. The van der Waals surface area contributed by atoms with Crippen LogP contribution in [-0.2, 0) is 9.84 Å². The summed E-state index contributed by atoms with van der Waals surface area (Å²) in [5, 5.41) is 3.11. The van der Waals surface area contributed by atoms with Crippen LogP contribution >= 0.6 is 0 Å². The van der Waals surface area contributed by atoms with Gasteiger partial charge in [-0.3, -0.25) is 0 Å². The molecule has 3 atom stereocenters. The SMILES string of the molecule is CC(NC1CCCC(S(C)(=O)=O)C1)c1ccccc1F. The van der Waals surface area contributed by atoms with E-state index in [1.807, 2.05) is 13.0 Å². The van der Waals surface area contributed by atoms with Crippen LogP contribution in [0.2, 0.25) is 0 Å². The molecule has 0 amide bonds. The summed E-state index contributed by atoms with van der Waals surface area (Å²) in [6.07, 6.45) is 4.52. The number of nitrogens with one attached hydrogen (secondary N) is 1. The number of halogens is 1. The van der Waals surface area contributed by atoms with Gasteiger partial charge in [-0.05, 0) is 32.3 Å². The van der Waals surface area contributed by atoms with Crippen molar-refractivity contribution in [3.63, 3.8) is 0 Å². The Hall–Kier alpha value is -0.940. The molecule has 2 rings (SSSR count). The molecule has 1 aliphatic rings. The lowest BCUT2D eigenvalue weighted by molar-refractivity contribution is 0.343. The molecular formula is C15H22FNO2S. The zero-order valence-corrected chi connectivity index (χ0v) is 12.8. The number of benzene rings is 1. The highest BCUT2D eigenvalue weighted by Gasteiger charge is 2.29. The summed E-state index contributed by atoms with van der Waals surface area (Å²) in [4.78, 5) is 0. The van der Waals surface area contributed by atoms with E-state index in [1.54, 1.807) is 12.1 Å². The maximum Gasteiger partial charge on any atom is 0.150 e. The van der Waals surface area contributed by atoms with Crippen LogP contribution in [0.1, 0.15) is 44.2 Å². The lowest BCUT2D eigenvalue weighted by Crippen LogP contribution is -2.40. The lowest BCUT2D eigenvalue weighted by atomic mass is 9.93. The molecule has 0 heterocycles. The van der Waals surface area contributed by atoms with Crippen molar-refractivity contribution >= 4 is 9.84 Å². The Balaban J connectivity index is 2.01. The van der Waals surface area contributed by atoms with Crippen LogP contribution in [0.25, 0.3) is 0 Å². The van der Waals surface area contributed by atoms with Gasteiger partial charge in [0.15, 0.2) is 0 Å².